The number of aromatic nitrogens is 2. The maximum atomic E-state index is 11.7. The van der Waals surface area contributed by atoms with E-state index in [1.165, 1.54) is 12.8 Å². The Morgan fingerprint density at radius 2 is 2.04 bits per heavy atom. The summed E-state index contributed by atoms with van der Waals surface area (Å²) >= 11 is 0. The fourth-order valence-electron chi connectivity index (χ4n) is 2.56. The van der Waals surface area contributed by atoms with Gasteiger partial charge in [-0.25, -0.2) is 4.98 Å². The van der Waals surface area contributed by atoms with Crippen LogP contribution in [0.15, 0.2) is 24.3 Å². The summed E-state index contributed by atoms with van der Waals surface area (Å²) in [5, 5.41) is 6.16. The molecule has 128 valence electrons. The number of halogens is 2. The van der Waals surface area contributed by atoms with Gasteiger partial charge in [0, 0.05) is 13.1 Å². The van der Waals surface area contributed by atoms with Crippen molar-refractivity contribution in [3.8, 4) is 0 Å². The van der Waals surface area contributed by atoms with Gasteiger partial charge in [-0.2, -0.15) is 0 Å². The van der Waals surface area contributed by atoms with Gasteiger partial charge in [-0.1, -0.05) is 12.1 Å². The Labute approximate surface area is 149 Å². The van der Waals surface area contributed by atoms with Crippen LogP contribution in [0, 0.1) is 12.8 Å². The molecule has 1 aliphatic carbocycles. The number of hydrogen-bond donors (Lipinski definition) is 2. The summed E-state index contributed by atoms with van der Waals surface area (Å²) in [5.41, 5.74) is 2.13. The molecule has 1 amide bonds. The quantitative estimate of drug-likeness (QED) is 0.798. The number of nitrogens with one attached hydrogen (secondary N) is 2. The zero-order valence-corrected chi connectivity index (χ0v) is 14.9. The Morgan fingerprint density at radius 3 is 2.78 bits per heavy atom. The first-order valence-electron chi connectivity index (χ1n) is 7.63. The van der Waals surface area contributed by atoms with Crippen LogP contribution in [0.5, 0.6) is 0 Å². The van der Waals surface area contributed by atoms with Gasteiger partial charge in [-0.05, 0) is 44.4 Å². The summed E-state index contributed by atoms with van der Waals surface area (Å²) in [5.74, 6) is 1.85. The Morgan fingerprint density at radius 1 is 1.30 bits per heavy atom. The second-order valence-corrected chi connectivity index (χ2v) is 5.72. The highest BCUT2D eigenvalue weighted by Crippen LogP contribution is 2.27. The molecule has 0 radical (unpaired) electrons. The topological polar surface area (TPSA) is 59.0 Å². The van der Waals surface area contributed by atoms with E-state index in [1.54, 1.807) is 0 Å². The molecule has 23 heavy (non-hydrogen) atoms. The van der Waals surface area contributed by atoms with E-state index >= 15 is 0 Å². The first kappa shape index (κ1) is 19.7. The van der Waals surface area contributed by atoms with E-state index in [0.717, 1.165) is 35.9 Å². The molecule has 0 unspecified atom stereocenters. The lowest BCUT2D eigenvalue weighted by atomic mass is 10.3. The molecule has 0 aliphatic heterocycles. The van der Waals surface area contributed by atoms with Gasteiger partial charge in [0.2, 0.25) is 5.91 Å². The fourth-order valence-corrected chi connectivity index (χ4v) is 2.56. The minimum Gasteiger partial charge on any atom is -0.353 e. The van der Waals surface area contributed by atoms with Gasteiger partial charge in [-0.15, -0.1) is 24.8 Å². The molecule has 2 aromatic rings. The molecule has 5 nitrogen and oxygen atoms in total. The Bertz CT molecular complexity index is 640. The van der Waals surface area contributed by atoms with E-state index in [4.69, 9.17) is 0 Å². The summed E-state index contributed by atoms with van der Waals surface area (Å²) in [7, 11) is 0. The second kappa shape index (κ2) is 9.11. The molecule has 1 saturated carbocycles. The maximum absolute atomic E-state index is 11.7. The van der Waals surface area contributed by atoms with Crippen LogP contribution in [0.2, 0.25) is 0 Å². The summed E-state index contributed by atoms with van der Waals surface area (Å²) in [6, 6.07) is 8.08. The molecule has 0 atom stereocenters. The van der Waals surface area contributed by atoms with Crippen LogP contribution in [0.25, 0.3) is 11.0 Å². The van der Waals surface area contributed by atoms with Crippen molar-refractivity contribution in [2.45, 2.75) is 26.3 Å². The van der Waals surface area contributed by atoms with Crippen molar-refractivity contribution in [2.24, 2.45) is 5.92 Å². The van der Waals surface area contributed by atoms with Crippen molar-refractivity contribution in [3.63, 3.8) is 0 Å². The van der Waals surface area contributed by atoms with Crippen LogP contribution in [0.3, 0.4) is 0 Å². The van der Waals surface area contributed by atoms with Crippen molar-refractivity contribution in [2.75, 3.05) is 19.6 Å². The van der Waals surface area contributed by atoms with Crippen molar-refractivity contribution < 1.29 is 4.79 Å². The first-order valence-corrected chi connectivity index (χ1v) is 7.63. The lowest BCUT2D eigenvalue weighted by Gasteiger charge is -2.09. The van der Waals surface area contributed by atoms with Crippen LogP contribution in [-0.4, -0.2) is 35.1 Å². The molecule has 1 aromatic carbocycles. The largest absolute Gasteiger partial charge is 0.353 e. The normalized spacial score (nSPS) is 13.3. The zero-order chi connectivity index (χ0) is 14.7. The summed E-state index contributed by atoms with van der Waals surface area (Å²) < 4.78 is 2.15. The molecule has 2 N–H and O–H groups in total. The van der Waals surface area contributed by atoms with Crippen molar-refractivity contribution in [1.29, 1.82) is 0 Å². The molecule has 1 aromatic heterocycles. The van der Waals surface area contributed by atoms with Crippen LogP contribution in [-0.2, 0) is 11.3 Å². The number of amides is 1. The molecular weight excluding hydrogens is 335 g/mol. The summed E-state index contributed by atoms with van der Waals surface area (Å²) in [4.78, 5) is 16.2. The molecule has 0 spiro atoms. The second-order valence-electron chi connectivity index (χ2n) is 5.72. The van der Waals surface area contributed by atoms with Gasteiger partial charge in [0.15, 0.2) is 0 Å². The molecule has 7 heteroatoms. The van der Waals surface area contributed by atoms with E-state index in [-0.39, 0.29) is 30.7 Å². The number of rotatable bonds is 7. The maximum Gasteiger partial charge on any atom is 0.234 e. The van der Waals surface area contributed by atoms with Crippen molar-refractivity contribution in [1.82, 2.24) is 20.2 Å². The lowest BCUT2D eigenvalue weighted by molar-refractivity contribution is -0.120. The van der Waals surface area contributed by atoms with Crippen LogP contribution >= 0.6 is 24.8 Å². The third kappa shape index (κ3) is 5.37. The number of carbonyl (C=O) groups is 1. The minimum absolute atomic E-state index is 0. The summed E-state index contributed by atoms with van der Waals surface area (Å²) in [6.45, 7) is 4.77. The molecule has 3 rings (SSSR count). The van der Waals surface area contributed by atoms with E-state index in [0.29, 0.717) is 13.1 Å². The van der Waals surface area contributed by atoms with Gasteiger partial charge in [0.25, 0.3) is 0 Å². The smallest absolute Gasteiger partial charge is 0.234 e. The third-order valence-corrected chi connectivity index (χ3v) is 3.92. The fraction of sp³-hybridized carbons (Fsp3) is 0.500. The predicted octanol–water partition coefficient (Wildman–Crippen LogP) is 2.30. The van der Waals surface area contributed by atoms with E-state index in [1.807, 2.05) is 25.1 Å². The molecule has 1 heterocycles. The highest BCUT2D eigenvalue weighted by atomic mass is 35.5. The van der Waals surface area contributed by atoms with Gasteiger partial charge in [0.05, 0.1) is 17.6 Å². The molecule has 0 bridgehead atoms. The van der Waals surface area contributed by atoms with E-state index in [9.17, 15) is 4.79 Å². The number of aryl methyl sites for hydroxylation is 1. The van der Waals surface area contributed by atoms with E-state index in [2.05, 4.69) is 26.3 Å². The number of hydrogen-bond acceptors (Lipinski definition) is 3. The van der Waals surface area contributed by atoms with Crippen LogP contribution in [0.1, 0.15) is 18.7 Å². The molecule has 0 saturated heterocycles. The molecular formula is C16H24Cl2N4O. The van der Waals surface area contributed by atoms with Gasteiger partial charge >= 0.3 is 0 Å². The number of nitrogens with zero attached hydrogens (tertiary/aromatic N) is 2. The highest BCUT2D eigenvalue weighted by Gasteiger charge is 2.20. The SMILES string of the molecule is Cc1nc2ccccc2n1CCNC(=O)CNCC1CC1.Cl.Cl. The number of benzene rings is 1. The van der Waals surface area contributed by atoms with Gasteiger partial charge < -0.3 is 15.2 Å². The Balaban J connectivity index is 0.00000132. The average molecular weight is 359 g/mol. The summed E-state index contributed by atoms with van der Waals surface area (Å²) in [6.07, 6.45) is 2.61. The average Bonchev–Trinajstić information content (AvgIpc) is 3.23. The number of para-hydroxylation sites is 2. The van der Waals surface area contributed by atoms with Crippen molar-refractivity contribution in [3.05, 3.63) is 30.1 Å². The Hall–Kier alpha value is -1.30. The van der Waals surface area contributed by atoms with Gasteiger partial charge in [0.1, 0.15) is 5.82 Å². The van der Waals surface area contributed by atoms with Crippen molar-refractivity contribution >= 4 is 41.8 Å². The van der Waals surface area contributed by atoms with Crippen LogP contribution in [0.4, 0.5) is 0 Å². The number of fused-ring (bicyclic) bond motifs is 1. The monoisotopic (exact) mass is 358 g/mol. The third-order valence-electron chi connectivity index (χ3n) is 3.92. The number of carbonyl (C=O) groups excluding carboxylic acids is 1. The Kier molecular flexibility index (Phi) is 7.82. The lowest BCUT2D eigenvalue weighted by Crippen LogP contribution is -2.36. The van der Waals surface area contributed by atoms with E-state index < -0.39 is 0 Å². The molecule has 1 fully saturated rings. The standard InChI is InChI=1S/C16H22N4O.2ClH/c1-12-19-14-4-2-3-5-15(14)20(12)9-8-18-16(21)11-17-10-13-6-7-13;;/h2-5,13,17H,6-11H2,1H3,(H,18,21);2*1H. The number of imidazole rings is 1. The van der Waals surface area contributed by atoms with Gasteiger partial charge in [-0.3, -0.25) is 4.79 Å². The van der Waals surface area contributed by atoms with Crippen LogP contribution < -0.4 is 10.6 Å². The minimum atomic E-state index is 0. The highest BCUT2D eigenvalue weighted by molar-refractivity contribution is 5.85. The predicted molar refractivity (Wildman–Crippen MR) is 97.6 cm³/mol. The molecule has 1 aliphatic rings. The first-order chi connectivity index (χ1) is 10.2. The zero-order valence-electron chi connectivity index (χ0n) is 13.2.